The Labute approximate surface area is 730 Å². The summed E-state index contributed by atoms with van der Waals surface area (Å²) in [4.78, 5) is 136. The minimum atomic E-state index is -0.959. The molecule has 0 radical (unpaired) electrons. The van der Waals surface area contributed by atoms with Gasteiger partial charge in [0.2, 0.25) is 5.78 Å². The monoisotopic (exact) mass is 1810 g/mol. The van der Waals surface area contributed by atoms with E-state index in [1.807, 2.05) is 208 Å². The largest absolute Gasteiger partial charge is 0.481 e. The zero-order chi connectivity index (χ0) is 83.7. The van der Waals surface area contributed by atoms with Gasteiger partial charge in [0.05, 0.1) is 37.4 Å². The van der Waals surface area contributed by atoms with Crippen LogP contribution in [0.5, 0.6) is 0 Å². The van der Waals surface area contributed by atoms with Crippen molar-refractivity contribution in [2.45, 2.75) is 166 Å². The second kappa shape index (κ2) is 39.6. The quantitative estimate of drug-likeness (QED) is 0.0948. The van der Waals surface area contributed by atoms with Crippen molar-refractivity contribution in [2.75, 3.05) is 0 Å². The molecule has 594 valence electrons. The van der Waals surface area contributed by atoms with Crippen LogP contribution in [0.25, 0.3) is 0 Å². The Morgan fingerprint density at radius 2 is 0.767 bits per heavy atom. The van der Waals surface area contributed by atoms with Gasteiger partial charge in [-0.1, -0.05) is 189 Å². The number of Topliss-reactive ketones (excluding diaryl/α,β-unsaturated/α-hetero) is 10. The number of hydrogen-bond donors (Lipinski definition) is 2. The third-order valence-corrected chi connectivity index (χ3v) is 30.9. The number of thioether (sulfide) groups is 9. The van der Waals surface area contributed by atoms with Crippen molar-refractivity contribution in [3.63, 3.8) is 0 Å². The van der Waals surface area contributed by atoms with E-state index in [0.717, 1.165) is 83.7 Å². The molecule has 0 saturated carbocycles. The number of hydrogen-bond acceptors (Lipinski definition) is 21. The summed E-state index contributed by atoms with van der Waals surface area (Å²) in [6, 6.07) is 65.9. The van der Waals surface area contributed by atoms with E-state index in [2.05, 4.69) is 35.0 Å². The molecule has 13 nitrogen and oxygen atoms in total. The smallest absolute Gasteiger partial charge is 0.304 e. The van der Waals surface area contributed by atoms with E-state index in [1.54, 1.807) is 125 Å². The van der Waals surface area contributed by atoms with Gasteiger partial charge >= 0.3 is 5.97 Å². The first-order chi connectivity index (χ1) is 55.2. The van der Waals surface area contributed by atoms with E-state index in [-0.39, 0.29) is 94.2 Å². The summed E-state index contributed by atoms with van der Waals surface area (Å²) in [5.41, 5.74) is 11.5. The van der Waals surface area contributed by atoms with Crippen molar-refractivity contribution in [1.29, 1.82) is 0 Å². The molecule has 9 heterocycles. The Morgan fingerprint density at radius 3 is 1.28 bits per heavy atom. The molecule has 0 aliphatic carbocycles. The van der Waals surface area contributed by atoms with Crippen molar-refractivity contribution in [2.24, 2.45) is 0 Å². The lowest BCUT2D eigenvalue weighted by atomic mass is 10.0. The molecule has 25 heteroatoms. The number of carbonyl (C=O) groups is 11. The van der Waals surface area contributed by atoms with Crippen molar-refractivity contribution < 1.29 is 63.0 Å². The number of aliphatic hydroxyl groups excluding tert-OH is 1. The van der Waals surface area contributed by atoms with Gasteiger partial charge in [-0.2, -0.15) is 0 Å². The Hall–Kier alpha value is -7.46. The number of fused-ring (bicyclic) bond motifs is 9. The van der Waals surface area contributed by atoms with Crippen LogP contribution in [0.4, 0.5) is 0 Å². The van der Waals surface area contributed by atoms with E-state index in [0.29, 0.717) is 32.3 Å². The van der Waals surface area contributed by atoms with Gasteiger partial charge < -0.3 is 10.2 Å². The average Bonchev–Trinajstić information content (AvgIpc) is 1.65. The average molecular weight is 1820 g/mol. The molecule has 0 fully saturated rings. The van der Waals surface area contributed by atoms with Crippen molar-refractivity contribution in [3.8, 4) is 0 Å². The summed E-state index contributed by atoms with van der Waals surface area (Å²) >= 11 is 28.5. The highest BCUT2D eigenvalue weighted by Gasteiger charge is 2.40. The summed E-state index contributed by atoms with van der Waals surface area (Å²) in [6.07, 6.45) is -0.143. The molecule has 0 saturated heterocycles. The van der Waals surface area contributed by atoms with Crippen LogP contribution in [-0.4, -0.2) is 120 Å². The molecule has 0 aromatic heterocycles. The van der Waals surface area contributed by atoms with E-state index >= 15 is 0 Å². The van der Waals surface area contributed by atoms with Gasteiger partial charge in [0, 0.05) is 110 Å². The summed E-state index contributed by atoms with van der Waals surface area (Å²) in [5.74, 6) is 0.00639. The Kier molecular flexibility index (Phi) is 30.5. The molecular weight excluding hydrogens is 1740 g/mol. The highest BCUT2D eigenvalue weighted by atomic mass is 79.9. The minimum Gasteiger partial charge on any atom is -0.481 e. The maximum atomic E-state index is 12.3. The SMILES string of the molecule is CC1(C)Sc2ccccc2C1=O.CC1Sc2ccc(Cl)cc2C1=O.CC1Sc2ccccc2C1=O.Cc1cc(C)c2c(c1)C(=O)C(C)S2.Cc1ccc2c(c1)C(=O)C(Br)S2.Cc1ccc2c(c1)C(=O)C(C)S2.O=C(O)CC1Sc2ccc(Cl)cc2C1=O.O=C(c1ccccc1)C1Sc2ccccc2C1=O.O=C1c2ccccc2SC1O. The van der Waals surface area contributed by atoms with Crippen LogP contribution in [0.15, 0.2) is 256 Å². The predicted molar refractivity (Wildman–Crippen MR) is 480 cm³/mol. The molecule has 9 aliphatic rings. The number of aryl methyl sites for hydroxylation is 4. The summed E-state index contributed by atoms with van der Waals surface area (Å²) in [6.45, 7) is 19.9. The highest BCUT2D eigenvalue weighted by molar-refractivity contribution is 9.11. The molecule has 8 unspecified atom stereocenters. The molecule has 0 spiro atoms. The summed E-state index contributed by atoms with van der Waals surface area (Å²) < 4.78 is -0.335. The van der Waals surface area contributed by atoms with Gasteiger partial charge in [-0.15, -0.1) is 94.1 Å². The third-order valence-electron chi connectivity index (χ3n) is 18.7. The van der Waals surface area contributed by atoms with Gasteiger partial charge in [-0.3, -0.25) is 52.7 Å². The van der Waals surface area contributed by atoms with E-state index < -0.39 is 21.9 Å². The summed E-state index contributed by atoms with van der Waals surface area (Å²) in [7, 11) is 0. The number of aliphatic hydroxyl groups is 1. The van der Waals surface area contributed by atoms with E-state index in [9.17, 15) is 52.7 Å². The zero-order valence-corrected chi connectivity index (χ0v) is 74.7. The second-order valence-corrected chi connectivity index (χ2v) is 42.2. The molecular formula is C91H77BrCl2O13S9. The first kappa shape index (κ1) is 89.3. The molecule has 19 rings (SSSR count). The van der Waals surface area contributed by atoms with Crippen LogP contribution in [0, 0.1) is 27.7 Å². The fourth-order valence-corrected chi connectivity index (χ4v) is 23.7. The number of ketones is 10. The van der Waals surface area contributed by atoms with Gasteiger partial charge in [0.15, 0.2) is 57.5 Å². The number of benzene rings is 10. The van der Waals surface area contributed by atoms with Gasteiger partial charge in [0.1, 0.15) is 9.41 Å². The Balaban J connectivity index is 0.000000129. The highest BCUT2D eigenvalue weighted by Crippen LogP contribution is 2.47. The normalized spacial score (nSPS) is 20.2. The number of halogens is 3. The molecule has 9 aliphatic heterocycles. The minimum absolute atomic E-state index is 0.0541. The first-order valence-corrected chi connectivity index (χ1v) is 46.0. The molecule has 10 aromatic rings. The lowest BCUT2D eigenvalue weighted by Gasteiger charge is -2.11. The molecule has 0 bridgehead atoms. The van der Waals surface area contributed by atoms with E-state index in [4.69, 9.17) is 33.4 Å². The standard InChI is InChI=1S/C15H10O2S.C11H12OS.C10H7ClO3S.2C10H10OS.C9H7BrOS.C9H7ClOS.C9H8OS.C8H6O2S/c16-13(10-6-2-1-3-7-10)15-14(17)11-8-4-5-9-12(11)18-15;1-6-4-7(2)11-9(5-6)10(12)8(3)13-11;11-5-1-2-7-6(3-5)10(14)8(15-7)4-9(12)13;1-6-3-4-9-8(5-6)10(11)7(2)12-9;1-10(2)9(11)7-5-3-4-6-8(7)12-10;1-5-2-3-7-6(4-5)8(11)9(10)12-7;1-5-9(11)7-4-6(10)2-3-8(7)12-5;1-6-9(10)7-4-2-3-5-8(7)11-6;9-7-5-3-1-2-4-6(5)11-8(7)10/h1-9,15H;4-5,8H,1-3H3;1-3,8H,4H2,(H,12,13);3-5,7H,1-2H3;3-6H,1-2H3;2-4,9H,1H3;2-5H,1H3;2-6H,1H3;1-4,8,10H. The second-order valence-electron chi connectivity index (χ2n) is 28.0. The number of carboxylic acid groups (broad SMARTS) is 1. The number of rotatable bonds is 4. The van der Waals surface area contributed by atoms with Gasteiger partial charge in [-0.25, -0.2) is 0 Å². The molecule has 10 aromatic carbocycles. The van der Waals surface area contributed by atoms with Crippen molar-refractivity contribution >= 4 is 209 Å². The van der Waals surface area contributed by atoms with Crippen LogP contribution < -0.4 is 0 Å². The van der Waals surface area contributed by atoms with Gasteiger partial charge in [-0.05, 0) is 166 Å². The Bertz CT molecular complexity index is 5350. The molecule has 0 amide bonds. The molecule has 116 heavy (non-hydrogen) atoms. The number of carboxylic acids is 1. The van der Waals surface area contributed by atoms with Gasteiger partial charge in [0.25, 0.3) is 0 Å². The lowest BCUT2D eigenvalue weighted by Crippen LogP contribution is -2.23. The van der Waals surface area contributed by atoms with Crippen molar-refractivity contribution in [3.05, 3.63) is 300 Å². The van der Waals surface area contributed by atoms with Crippen molar-refractivity contribution in [1.82, 2.24) is 0 Å². The van der Waals surface area contributed by atoms with E-state index in [1.165, 1.54) is 51.3 Å². The summed E-state index contributed by atoms with van der Waals surface area (Å²) in [5, 5.41) is 18.2. The topological polar surface area (TPSA) is 228 Å². The number of aliphatic carboxylic acids is 1. The predicted octanol–water partition coefficient (Wildman–Crippen LogP) is 23.8. The van der Waals surface area contributed by atoms with Crippen LogP contribution in [0.3, 0.4) is 0 Å². The molecule has 8 atom stereocenters. The third kappa shape index (κ3) is 21.4. The number of carbonyl (C=O) groups excluding carboxylic acids is 10. The first-order valence-electron chi connectivity index (χ1n) is 36.5. The fraction of sp³-hybridized carbons (Fsp3) is 0.220. The van der Waals surface area contributed by atoms with Crippen LogP contribution in [0.2, 0.25) is 10.0 Å². The van der Waals surface area contributed by atoms with Crippen LogP contribution in [-0.2, 0) is 4.79 Å². The lowest BCUT2D eigenvalue weighted by molar-refractivity contribution is -0.136. The van der Waals surface area contributed by atoms with Crippen LogP contribution in [0.1, 0.15) is 174 Å². The van der Waals surface area contributed by atoms with Crippen LogP contribution >= 0.6 is 145 Å². The maximum absolute atomic E-state index is 12.3. The fourth-order valence-electron chi connectivity index (χ4n) is 12.8. The maximum Gasteiger partial charge on any atom is 0.304 e. The number of alkyl halides is 1. The Morgan fingerprint density at radius 1 is 0.379 bits per heavy atom. The zero-order valence-electron chi connectivity index (χ0n) is 64.2. The molecule has 2 N–H and O–H groups in total.